The summed E-state index contributed by atoms with van der Waals surface area (Å²) >= 11 is 2.96. The average molecular weight is 1130 g/mol. The number of hydrogen-bond acceptors (Lipinski definition) is 16. The highest BCUT2D eigenvalue weighted by Crippen LogP contribution is 2.48. The van der Waals surface area contributed by atoms with Crippen LogP contribution < -0.4 is 21.1 Å². The molecule has 0 spiro atoms. The van der Waals surface area contributed by atoms with Crippen molar-refractivity contribution in [1.29, 1.82) is 0 Å². The van der Waals surface area contributed by atoms with Gasteiger partial charge in [0.25, 0.3) is 17.4 Å². The number of benzene rings is 1. The fraction of sp³-hybridized carbons (Fsp3) is 0.567. The first-order valence-corrected chi connectivity index (χ1v) is 30.9. The van der Waals surface area contributed by atoms with E-state index < -0.39 is 5.54 Å². The van der Waals surface area contributed by atoms with E-state index in [0.29, 0.717) is 36.8 Å². The number of rotatable bonds is 16. The zero-order chi connectivity index (χ0) is 56.9. The van der Waals surface area contributed by atoms with Crippen molar-refractivity contribution in [2.45, 2.75) is 134 Å². The standard InChI is InChI=1S/C46H52N12O4S2.C10H21NO.2C2H6/c1-3-33-22-38-39(50-40(33)59)21-32(23-48-38)25-54-12-16-56(17-13-54)36-6-7-37(49-24-36)41(60)51-45-8-9-46(27-45,62-29-45)28-55-14-18-57(19-15-55)43(61)42-52-53-44(64-42)63-26-34-4-5-35(20-31(34)2)58-11-10-47-30-58;1-4-11-8-10(3)6-5-9(2)7-12-10;2*1-2/h4-7,10-11,20-24,30H,3,8-9,12-19,25-29H2,1-2H3,(H,50,59)(H,51,60);9,11H,4-8H2,1-3H3;2*1-2H3. The number of amides is 2. The molecule has 11 rings (SSSR count). The van der Waals surface area contributed by atoms with E-state index in [-0.39, 0.29) is 28.6 Å². The van der Waals surface area contributed by atoms with Crippen molar-refractivity contribution in [3.05, 3.63) is 117 Å². The van der Waals surface area contributed by atoms with Crippen LogP contribution in [0.5, 0.6) is 0 Å². The smallest absolute Gasteiger partial charge is 0.284 e. The van der Waals surface area contributed by atoms with Gasteiger partial charge in [0.15, 0.2) is 4.34 Å². The van der Waals surface area contributed by atoms with Crippen LogP contribution in [0, 0.1) is 12.8 Å². The van der Waals surface area contributed by atoms with Crippen molar-refractivity contribution in [3.63, 3.8) is 0 Å². The van der Waals surface area contributed by atoms with Gasteiger partial charge in [0.2, 0.25) is 5.01 Å². The average Bonchev–Trinajstić information content (AvgIpc) is 4.50. The molecule has 4 aliphatic heterocycles. The highest BCUT2D eigenvalue weighted by Gasteiger charge is 2.57. The van der Waals surface area contributed by atoms with Gasteiger partial charge in [0.1, 0.15) is 5.69 Å². The van der Waals surface area contributed by atoms with E-state index in [2.05, 4.69) is 101 Å². The molecular formula is C60H85N13O5S2. The van der Waals surface area contributed by atoms with Gasteiger partial charge in [-0.15, -0.1) is 10.2 Å². The molecule has 20 heteroatoms. The maximum Gasteiger partial charge on any atom is 0.284 e. The Balaban J connectivity index is 0.000000461. The largest absolute Gasteiger partial charge is 0.374 e. The van der Waals surface area contributed by atoms with Crippen LogP contribution in [0.4, 0.5) is 5.69 Å². The number of thioether (sulfide) groups is 1. The maximum atomic E-state index is 13.6. The van der Waals surface area contributed by atoms with Gasteiger partial charge in [-0.3, -0.25) is 29.2 Å². The van der Waals surface area contributed by atoms with Crippen LogP contribution in [0.2, 0.25) is 0 Å². The Kier molecular flexibility index (Phi) is 21.1. The van der Waals surface area contributed by atoms with E-state index >= 15 is 0 Å². The second-order valence-corrected chi connectivity index (χ2v) is 24.0. The fourth-order valence-corrected chi connectivity index (χ4v) is 13.1. The molecule has 80 heavy (non-hydrogen) atoms. The second-order valence-electron chi connectivity index (χ2n) is 21.8. The summed E-state index contributed by atoms with van der Waals surface area (Å²) in [5.74, 6) is 1.26. The number of likely N-dealkylation sites (N-methyl/N-ethyl adjacent to an activating group) is 1. The Hall–Kier alpha value is -5.61. The van der Waals surface area contributed by atoms with E-state index in [1.165, 1.54) is 35.3 Å². The summed E-state index contributed by atoms with van der Waals surface area (Å²) in [6.45, 7) is 29.8. The molecule has 5 aromatic heterocycles. The van der Waals surface area contributed by atoms with Gasteiger partial charge >= 0.3 is 0 Å². The number of hydrogen-bond donors (Lipinski definition) is 3. The third-order valence-electron chi connectivity index (χ3n) is 16.0. The predicted octanol–water partition coefficient (Wildman–Crippen LogP) is 8.57. The van der Waals surface area contributed by atoms with Crippen LogP contribution in [0.1, 0.15) is 130 Å². The van der Waals surface area contributed by atoms with Gasteiger partial charge in [-0.1, -0.05) is 77.6 Å². The van der Waals surface area contributed by atoms with Crippen molar-refractivity contribution < 1.29 is 19.1 Å². The molecule has 1 aliphatic carbocycles. The number of nitrogens with zero attached hydrogens (tertiary/aromatic N) is 10. The molecule has 4 saturated heterocycles. The molecular weight excluding hydrogens is 1050 g/mol. The van der Waals surface area contributed by atoms with E-state index in [0.717, 1.165) is 141 Å². The molecule has 1 aromatic carbocycles. The molecule has 18 nitrogen and oxygen atoms in total. The number of pyridine rings is 3. The number of aryl methyl sites for hydroxylation is 2. The lowest BCUT2D eigenvalue weighted by atomic mass is 9.91. The van der Waals surface area contributed by atoms with Gasteiger partial charge in [-0.05, 0) is 112 Å². The van der Waals surface area contributed by atoms with Gasteiger partial charge < -0.3 is 39.5 Å². The van der Waals surface area contributed by atoms with Crippen molar-refractivity contribution >= 4 is 51.6 Å². The summed E-state index contributed by atoms with van der Waals surface area (Å²) in [4.78, 5) is 64.7. The molecule has 2 amide bonds. The number of fused-ring (bicyclic) bond motifs is 3. The fourth-order valence-electron chi connectivity index (χ4n) is 11.2. The zero-order valence-corrected chi connectivity index (χ0v) is 50.3. The van der Waals surface area contributed by atoms with Crippen LogP contribution in [0.15, 0.2) is 82.7 Å². The summed E-state index contributed by atoms with van der Waals surface area (Å²) in [5.41, 5.74) is 7.61. The summed E-state index contributed by atoms with van der Waals surface area (Å²) in [6, 6.07) is 14.1. The lowest BCUT2D eigenvalue weighted by Gasteiger charge is -2.39. The third kappa shape index (κ3) is 15.1. The Morgan fingerprint density at radius 2 is 1.65 bits per heavy atom. The number of carbonyl (C=O) groups excluding carboxylic acids is 2. The number of carbonyl (C=O) groups is 2. The minimum atomic E-state index is -0.407. The maximum absolute atomic E-state index is 13.6. The van der Waals surface area contributed by atoms with Gasteiger partial charge in [-0.25, -0.2) is 9.97 Å². The highest BCUT2D eigenvalue weighted by atomic mass is 32.2. The van der Waals surface area contributed by atoms with Crippen LogP contribution in [-0.4, -0.2) is 163 Å². The quantitative estimate of drug-likeness (QED) is 0.0781. The Labute approximate surface area is 481 Å². The second kappa shape index (κ2) is 27.9. The van der Waals surface area contributed by atoms with Crippen molar-refractivity contribution in [1.82, 2.24) is 60.0 Å². The topological polar surface area (TPSA) is 192 Å². The first kappa shape index (κ1) is 60.5. The van der Waals surface area contributed by atoms with Crippen LogP contribution in [0.25, 0.3) is 16.7 Å². The zero-order valence-electron chi connectivity index (χ0n) is 48.7. The van der Waals surface area contributed by atoms with Gasteiger partial charge in [-0.2, -0.15) is 0 Å². The number of aromatic nitrogens is 7. The molecule has 2 bridgehead atoms. The molecule has 4 atom stereocenters. The SMILES string of the molecule is CC.CC.CCNCC1(C)CCC(C)CO1.CCc1cc2ncc(CN3CCN(c4ccc(C(=O)NC56CCC(CN7CCN(C(=O)c8nnc(SCc9ccc(-n%10ccnc%10)cc9C)s8)CC7)(C5)OC6)nc4)CC3)cc2[nH]c1=O. The Bertz CT molecular complexity index is 2990. The Morgan fingerprint density at radius 3 is 2.31 bits per heavy atom. The normalized spacial score (nSPS) is 22.9. The lowest BCUT2D eigenvalue weighted by molar-refractivity contribution is -0.0831. The molecule has 4 unspecified atom stereocenters. The molecule has 1 saturated carbocycles. The number of piperazine rings is 2. The molecule has 3 N–H and O–H groups in total. The van der Waals surface area contributed by atoms with E-state index in [1.54, 1.807) is 30.5 Å². The van der Waals surface area contributed by atoms with Crippen molar-refractivity contribution in [3.8, 4) is 5.69 Å². The third-order valence-corrected chi connectivity index (χ3v) is 18.0. The van der Waals surface area contributed by atoms with Crippen LogP contribution in [0.3, 0.4) is 0 Å². The molecule has 6 aromatic rings. The summed E-state index contributed by atoms with van der Waals surface area (Å²) < 4.78 is 15.1. The number of ether oxygens (including phenoxy) is 2. The van der Waals surface area contributed by atoms with Crippen molar-refractivity contribution in [2.24, 2.45) is 5.92 Å². The summed E-state index contributed by atoms with van der Waals surface area (Å²) in [7, 11) is 0. The summed E-state index contributed by atoms with van der Waals surface area (Å²) in [5, 5.41) is 15.7. The first-order chi connectivity index (χ1) is 38.8. The molecule has 432 valence electrons. The molecule has 9 heterocycles. The number of nitrogens with one attached hydrogen (secondary N) is 3. The number of imidazole rings is 1. The summed E-state index contributed by atoms with van der Waals surface area (Å²) in [6.07, 6.45) is 14.9. The van der Waals surface area contributed by atoms with E-state index in [4.69, 9.17) is 9.47 Å². The van der Waals surface area contributed by atoms with Gasteiger partial charge in [0, 0.05) is 121 Å². The lowest BCUT2D eigenvalue weighted by Crippen LogP contribution is -2.52. The Morgan fingerprint density at radius 1 is 0.875 bits per heavy atom. The molecule has 5 fully saturated rings. The first-order valence-electron chi connectivity index (χ1n) is 29.1. The monoisotopic (exact) mass is 1130 g/mol. The number of H-pyrrole nitrogens is 1. The molecule has 5 aliphatic rings. The van der Waals surface area contributed by atoms with Gasteiger partial charge in [0.05, 0.1) is 52.6 Å². The highest BCUT2D eigenvalue weighted by molar-refractivity contribution is 8.00. The van der Waals surface area contributed by atoms with Crippen molar-refractivity contribution in [2.75, 3.05) is 90.1 Å². The van der Waals surface area contributed by atoms with Crippen LogP contribution in [-0.2, 0) is 28.2 Å². The van der Waals surface area contributed by atoms with E-state index in [9.17, 15) is 14.4 Å². The minimum Gasteiger partial charge on any atom is -0.374 e. The number of aromatic amines is 1. The minimum absolute atomic E-state index is 0.0475. The number of anilines is 1. The molecule has 0 radical (unpaired) electrons. The van der Waals surface area contributed by atoms with Crippen LogP contribution >= 0.6 is 23.1 Å². The predicted molar refractivity (Wildman–Crippen MR) is 320 cm³/mol. The van der Waals surface area contributed by atoms with E-state index in [1.807, 2.05) is 80.7 Å².